The van der Waals surface area contributed by atoms with Gasteiger partial charge in [0.05, 0.1) is 23.6 Å². The first-order chi connectivity index (χ1) is 30.2. The predicted octanol–water partition coefficient (Wildman–Crippen LogP) is 10.7. The van der Waals surface area contributed by atoms with E-state index in [4.69, 9.17) is 38.8 Å². The van der Waals surface area contributed by atoms with E-state index in [2.05, 4.69) is 57.9 Å². The molecule has 0 bridgehead atoms. The molecule has 0 radical (unpaired) electrons. The first-order valence-corrected chi connectivity index (χ1v) is 24.0. The maximum absolute atomic E-state index is 18.2. The second-order valence-corrected chi connectivity index (χ2v) is 23.6. The average molecular weight is 880 g/mol. The van der Waals surface area contributed by atoms with E-state index in [1.54, 1.807) is 43.2 Å². The van der Waals surface area contributed by atoms with Gasteiger partial charge in [-0.25, -0.2) is 13.2 Å². The third kappa shape index (κ3) is 8.08. The second kappa shape index (κ2) is 17.7. The fourth-order valence-electron chi connectivity index (χ4n) is 10.4. The Morgan fingerprint density at radius 1 is 0.889 bits per heavy atom. The smallest absolute Gasteiger partial charge is 0.320 e. The Morgan fingerprint density at radius 2 is 1.63 bits per heavy atom. The Kier molecular flexibility index (Phi) is 12.4. The molecule has 2 fully saturated rings. The van der Waals surface area contributed by atoms with Gasteiger partial charge in [-0.1, -0.05) is 65.7 Å². The first-order valence-electron chi connectivity index (χ1n) is 21.7. The van der Waals surface area contributed by atoms with Crippen LogP contribution in [0.1, 0.15) is 71.9 Å². The molecule has 10 nitrogen and oxygen atoms in total. The number of halogens is 3. The number of hydrogen-bond acceptors (Lipinski definition) is 9. The van der Waals surface area contributed by atoms with Crippen molar-refractivity contribution in [2.24, 2.45) is 7.05 Å². The van der Waals surface area contributed by atoms with Gasteiger partial charge in [0.1, 0.15) is 55.8 Å². The van der Waals surface area contributed by atoms with Crippen LogP contribution in [0.5, 0.6) is 23.4 Å². The van der Waals surface area contributed by atoms with Crippen LogP contribution < -0.4 is 18.9 Å². The summed E-state index contributed by atoms with van der Waals surface area (Å²) in [5.74, 6) is 3.25. The van der Waals surface area contributed by atoms with E-state index in [-0.39, 0.29) is 59.4 Å². The molecule has 2 aliphatic heterocycles. The Bertz CT molecular complexity index is 2710. The summed E-state index contributed by atoms with van der Waals surface area (Å²) in [6.45, 7) is 14.5. The van der Waals surface area contributed by atoms with Crippen LogP contribution in [0, 0.1) is 23.1 Å². The lowest BCUT2D eigenvalue weighted by Gasteiger charge is -2.38. The first kappa shape index (κ1) is 44.3. The van der Waals surface area contributed by atoms with Crippen LogP contribution in [0.2, 0.25) is 16.6 Å². The summed E-state index contributed by atoms with van der Waals surface area (Å²) in [5, 5.41) is 6.63. The molecule has 2 aromatic heterocycles. The van der Waals surface area contributed by atoms with Crippen molar-refractivity contribution in [1.29, 1.82) is 0 Å². The van der Waals surface area contributed by atoms with Gasteiger partial charge in [0.15, 0.2) is 12.6 Å². The van der Waals surface area contributed by atoms with Crippen LogP contribution in [0.25, 0.3) is 43.7 Å². The van der Waals surface area contributed by atoms with E-state index in [9.17, 15) is 4.39 Å². The molecular formula is C49H56F3N5O5Si. The number of nitrogens with zero attached hydrogens (tertiary/aromatic N) is 5. The van der Waals surface area contributed by atoms with Crippen molar-refractivity contribution < 1.29 is 36.9 Å². The van der Waals surface area contributed by atoms with Crippen molar-refractivity contribution >= 4 is 40.7 Å². The van der Waals surface area contributed by atoms with E-state index in [1.165, 1.54) is 13.2 Å². The lowest BCUT2D eigenvalue weighted by atomic mass is 9.91. The van der Waals surface area contributed by atoms with Gasteiger partial charge in [-0.3, -0.25) is 9.58 Å². The summed E-state index contributed by atoms with van der Waals surface area (Å²) in [6, 6.07) is 13.8. The minimum absolute atomic E-state index is 0.0714. The van der Waals surface area contributed by atoms with Crippen LogP contribution in [-0.2, 0) is 18.4 Å². The second-order valence-electron chi connectivity index (χ2n) is 18.0. The maximum atomic E-state index is 18.2. The van der Waals surface area contributed by atoms with Gasteiger partial charge in [-0.15, -0.1) is 5.54 Å². The molecule has 0 aliphatic carbocycles. The molecule has 4 aromatic carbocycles. The third-order valence-corrected chi connectivity index (χ3v) is 19.6. The molecule has 0 amide bonds. The molecular weight excluding hydrogens is 824 g/mol. The third-order valence-electron chi connectivity index (χ3n) is 13.3. The molecule has 0 unspecified atom stereocenters. The van der Waals surface area contributed by atoms with E-state index in [0.717, 1.165) is 24.9 Å². The Balaban J connectivity index is 1.38. The van der Waals surface area contributed by atoms with Gasteiger partial charge in [-0.2, -0.15) is 15.1 Å². The fraction of sp³-hybridized carbons (Fsp3) is 0.449. The highest BCUT2D eigenvalue weighted by molar-refractivity contribution is 6.90. The lowest BCUT2D eigenvalue weighted by molar-refractivity contribution is 0.0512. The van der Waals surface area contributed by atoms with Gasteiger partial charge in [0.2, 0.25) is 5.88 Å². The van der Waals surface area contributed by atoms with Gasteiger partial charge < -0.3 is 23.7 Å². The topological polar surface area (TPSA) is 93.0 Å². The largest absolute Gasteiger partial charge is 0.497 e. The predicted molar refractivity (Wildman–Crippen MR) is 243 cm³/mol. The number of rotatable bonds is 14. The van der Waals surface area contributed by atoms with Crippen molar-refractivity contribution in [3.05, 3.63) is 77.5 Å². The van der Waals surface area contributed by atoms with E-state index < -0.39 is 31.4 Å². The zero-order valence-electron chi connectivity index (χ0n) is 37.6. The fourth-order valence-corrected chi connectivity index (χ4v) is 15.6. The summed E-state index contributed by atoms with van der Waals surface area (Å²) in [7, 11) is 2.51. The molecule has 6 aromatic rings. The molecule has 2 atom stereocenters. The van der Waals surface area contributed by atoms with Gasteiger partial charge in [0, 0.05) is 49.7 Å². The lowest BCUT2D eigenvalue weighted by Crippen LogP contribution is -2.43. The minimum atomic E-state index is -2.35. The SMILES string of the molecule is COCOc1cc(-c2c(F)c3nc(OC[C@@]45CCCN4C[C@H](F)C5)nc(OCc4ccc(OC)cc4)c3c3cn(C)nc23)c2c(C#C[Si](C(C)C)(C(C)C)C(C)C)c(F)ccc2c1. The molecule has 332 valence electrons. The molecule has 8 rings (SSSR count). The molecule has 0 N–H and O–H groups in total. The van der Waals surface area contributed by atoms with Crippen molar-refractivity contribution in [3.63, 3.8) is 0 Å². The molecule has 0 saturated carbocycles. The van der Waals surface area contributed by atoms with Crippen molar-refractivity contribution in [1.82, 2.24) is 24.6 Å². The highest BCUT2D eigenvalue weighted by Crippen LogP contribution is 2.46. The number of aryl methyl sites for hydroxylation is 1. The van der Waals surface area contributed by atoms with E-state index >= 15 is 8.78 Å². The van der Waals surface area contributed by atoms with E-state index in [0.29, 0.717) is 62.8 Å². The zero-order valence-corrected chi connectivity index (χ0v) is 38.6. The molecule has 14 heteroatoms. The van der Waals surface area contributed by atoms with Crippen molar-refractivity contribution in [2.75, 3.05) is 40.7 Å². The highest BCUT2D eigenvalue weighted by atomic mass is 28.3. The number of fused-ring (bicyclic) bond motifs is 5. The van der Waals surface area contributed by atoms with Gasteiger partial charge in [-0.05, 0) is 82.9 Å². The monoisotopic (exact) mass is 879 g/mol. The number of ether oxygens (including phenoxy) is 5. The van der Waals surface area contributed by atoms with Crippen molar-refractivity contribution in [2.45, 2.75) is 95.7 Å². The van der Waals surface area contributed by atoms with Gasteiger partial charge in [0.25, 0.3) is 0 Å². The van der Waals surface area contributed by atoms with Gasteiger partial charge >= 0.3 is 6.01 Å². The summed E-state index contributed by atoms with van der Waals surface area (Å²) in [6.07, 6.45) is 2.82. The van der Waals surface area contributed by atoms with E-state index in [1.807, 2.05) is 24.3 Å². The number of hydrogen-bond donors (Lipinski definition) is 0. The van der Waals surface area contributed by atoms with Crippen LogP contribution in [0.15, 0.2) is 54.7 Å². The summed E-state index contributed by atoms with van der Waals surface area (Å²) >= 11 is 0. The molecule has 2 aliphatic rings. The average Bonchev–Trinajstić information content (AvgIpc) is 3.92. The Morgan fingerprint density at radius 3 is 2.33 bits per heavy atom. The molecule has 0 spiro atoms. The van der Waals surface area contributed by atoms with Crippen LogP contribution in [0.4, 0.5) is 13.2 Å². The highest BCUT2D eigenvalue weighted by Gasteiger charge is 2.49. The van der Waals surface area contributed by atoms with Crippen LogP contribution >= 0.6 is 0 Å². The summed E-state index contributed by atoms with van der Waals surface area (Å²) in [5.41, 5.74) is 5.64. The standard InChI is InChI=1S/C49H56F3N5O5Si/c1-29(2)63(30(3)4,31(5)6)20-17-37-40(51)16-13-33-21-36(62-28-58-8)22-38(41(33)37)42-44(52)46-43(39-25-56(7)55-45(39)42)47(60-26-32-11-14-35(59-9)15-12-32)54-48(53-46)61-27-49-18-10-19-57(49)24-34(50)23-49/h11-16,21-22,25,29-31,34H,10,18-19,23-24,26-28H2,1-9H3/t34-,49+/m1/s1. The maximum Gasteiger partial charge on any atom is 0.320 e. The zero-order chi connectivity index (χ0) is 44.8. The Hall–Kier alpha value is -5.36. The Labute approximate surface area is 368 Å². The number of aromatic nitrogens is 4. The van der Waals surface area contributed by atoms with Crippen molar-refractivity contribution in [3.8, 4) is 46.0 Å². The number of benzene rings is 4. The quantitative estimate of drug-likeness (QED) is 0.0602. The summed E-state index contributed by atoms with van der Waals surface area (Å²) < 4.78 is 80.6. The molecule has 63 heavy (non-hydrogen) atoms. The molecule has 4 heterocycles. The number of methoxy groups -OCH3 is 2. The number of alkyl halides is 1. The van der Waals surface area contributed by atoms with Crippen LogP contribution in [0.3, 0.4) is 0 Å². The molecule has 2 saturated heterocycles. The summed E-state index contributed by atoms with van der Waals surface area (Å²) in [4.78, 5) is 11.7. The normalized spacial score (nSPS) is 17.9. The van der Waals surface area contributed by atoms with Crippen LogP contribution in [-0.4, -0.2) is 85.1 Å². The minimum Gasteiger partial charge on any atom is -0.497 e.